The van der Waals surface area contributed by atoms with Crippen LogP contribution in [0, 0.1) is 18.8 Å². The van der Waals surface area contributed by atoms with E-state index in [0.29, 0.717) is 24.2 Å². The number of aryl methyl sites for hydroxylation is 1. The van der Waals surface area contributed by atoms with Gasteiger partial charge in [-0.15, -0.1) is 0 Å². The lowest BCUT2D eigenvalue weighted by Gasteiger charge is -2.31. The molecule has 16 heavy (non-hydrogen) atoms. The molecule has 88 valence electrons. The van der Waals surface area contributed by atoms with Gasteiger partial charge in [-0.25, -0.2) is 0 Å². The summed E-state index contributed by atoms with van der Waals surface area (Å²) in [5, 5.41) is 9.68. The average molecular weight is 224 g/mol. The summed E-state index contributed by atoms with van der Waals surface area (Å²) in [5.74, 6) is 1.57. The fourth-order valence-corrected chi connectivity index (χ4v) is 1.62. The highest BCUT2D eigenvalue weighted by atomic mass is 16.5. The maximum atomic E-state index is 11.7. The summed E-state index contributed by atoms with van der Waals surface area (Å²) >= 11 is 0. The summed E-state index contributed by atoms with van der Waals surface area (Å²) < 4.78 is 4.81. The molecule has 1 amide bonds. The normalized spacial score (nSPS) is 17.9. The third kappa shape index (κ3) is 2.38. The molecule has 6 nitrogen and oxygen atoms in total. The van der Waals surface area contributed by atoms with Gasteiger partial charge in [0.15, 0.2) is 5.82 Å². The van der Waals surface area contributed by atoms with Crippen molar-refractivity contribution in [3.8, 4) is 0 Å². The number of aromatic nitrogens is 2. The molecular weight excluding hydrogens is 208 g/mol. The van der Waals surface area contributed by atoms with Crippen LogP contribution in [0.2, 0.25) is 0 Å². The second kappa shape index (κ2) is 4.61. The zero-order valence-electron chi connectivity index (χ0n) is 9.49. The first-order valence-corrected chi connectivity index (χ1v) is 5.44. The van der Waals surface area contributed by atoms with E-state index < -0.39 is 0 Å². The Kier molecular flexibility index (Phi) is 3.19. The SMILES string of the molecule is Cc1nc(CNC(=O)C(C)C2CNC2)no1. The Morgan fingerprint density at radius 2 is 2.44 bits per heavy atom. The molecule has 2 rings (SSSR count). The lowest BCUT2D eigenvalue weighted by Crippen LogP contribution is -2.49. The fourth-order valence-electron chi connectivity index (χ4n) is 1.62. The minimum atomic E-state index is 0.0363. The van der Waals surface area contributed by atoms with Gasteiger partial charge in [-0.2, -0.15) is 4.98 Å². The smallest absolute Gasteiger partial charge is 0.223 e. The molecule has 1 aliphatic rings. The zero-order valence-corrected chi connectivity index (χ0v) is 9.49. The van der Waals surface area contributed by atoms with Crippen molar-refractivity contribution in [1.29, 1.82) is 0 Å². The lowest BCUT2D eigenvalue weighted by atomic mass is 9.88. The van der Waals surface area contributed by atoms with E-state index in [1.807, 2.05) is 6.92 Å². The van der Waals surface area contributed by atoms with E-state index in [9.17, 15) is 4.79 Å². The van der Waals surface area contributed by atoms with E-state index in [1.54, 1.807) is 6.92 Å². The van der Waals surface area contributed by atoms with Gasteiger partial charge in [-0.05, 0) is 19.0 Å². The summed E-state index contributed by atoms with van der Waals surface area (Å²) in [5.41, 5.74) is 0. The van der Waals surface area contributed by atoms with Crippen LogP contribution in [-0.2, 0) is 11.3 Å². The molecule has 1 saturated heterocycles. The van der Waals surface area contributed by atoms with Gasteiger partial charge < -0.3 is 15.2 Å². The van der Waals surface area contributed by atoms with Crippen molar-refractivity contribution >= 4 is 5.91 Å². The molecule has 1 fully saturated rings. The van der Waals surface area contributed by atoms with E-state index in [4.69, 9.17) is 4.52 Å². The summed E-state index contributed by atoms with van der Waals surface area (Å²) in [6.07, 6.45) is 0. The highest BCUT2D eigenvalue weighted by Crippen LogP contribution is 2.15. The van der Waals surface area contributed by atoms with E-state index >= 15 is 0 Å². The van der Waals surface area contributed by atoms with Gasteiger partial charge >= 0.3 is 0 Å². The maximum absolute atomic E-state index is 11.7. The van der Waals surface area contributed by atoms with Gasteiger partial charge in [0.2, 0.25) is 11.8 Å². The minimum absolute atomic E-state index is 0.0363. The zero-order chi connectivity index (χ0) is 11.5. The van der Waals surface area contributed by atoms with Gasteiger partial charge in [0.05, 0.1) is 6.54 Å². The van der Waals surface area contributed by atoms with Crippen molar-refractivity contribution < 1.29 is 9.32 Å². The van der Waals surface area contributed by atoms with Crippen LogP contribution in [0.1, 0.15) is 18.6 Å². The van der Waals surface area contributed by atoms with Crippen LogP contribution >= 0.6 is 0 Å². The predicted octanol–water partition coefficient (Wildman–Crippen LogP) is -0.150. The number of carbonyl (C=O) groups is 1. The highest BCUT2D eigenvalue weighted by Gasteiger charge is 2.28. The molecule has 6 heteroatoms. The molecule has 1 unspecified atom stereocenters. The van der Waals surface area contributed by atoms with Crippen LogP contribution in [0.25, 0.3) is 0 Å². The Hall–Kier alpha value is -1.43. The fraction of sp³-hybridized carbons (Fsp3) is 0.700. The van der Waals surface area contributed by atoms with Crippen molar-refractivity contribution in [3.05, 3.63) is 11.7 Å². The number of hydrogen-bond acceptors (Lipinski definition) is 5. The quantitative estimate of drug-likeness (QED) is 0.743. The Labute approximate surface area is 93.8 Å². The Morgan fingerprint density at radius 1 is 1.69 bits per heavy atom. The molecule has 1 aromatic heterocycles. The maximum Gasteiger partial charge on any atom is 0.223 e. The molecule has 0 radical (unpaired) electrons. The number of nitrogens with zero attached hydrogens (tertiary/aromatic N) is 2. The highest BCUT2D eigenvalue weighted by molar-refractivity contribution is 5.78. The van der Waals surface area contributed by atoms with Crippen LogP contribution in [-0.4, -0.2) is 29.1 Å². The predicted molar refractivity (Wildman–Crippen MR) is 56.4 cm³/mol. The second-order valence-electron chi connectivity index (χ2n) is 4.15. The number of hydrogen-bond donors (Lipinski definition) is 2. The topological polar surface area (TPSA) is 80.0 Å². The van der Waals surface area contributed by atoms with Crippen molar-refractivity contribution in [2.45, 2.75) is 20.4 Å². The van der Waals surface area contributed by atoms with Crippen molar-refractivity contribution in [2.24, 2.45) is 11.8 Å². The van der Waals surface area contributed by atoms with Crippen LogP contribution < -0.4 is 10.6 Å². The molecule has 0 aromatic carbocycles. The molecular formula is C10H16N4O2. The molecule has 1 aromatic rings. The molecule has 0 spiro atoms. The van der Waals surface area contributed by atoms with Crippen molar-refractivity contribution in [3.63, 3.8) is 0 Å². The third-order valence-corrected chi connectivity index (χ3v) is 2.92. The molecule has 2 heterocycles. The van der Waals surface area contributed by atoms with Crippen LogP contribution in [0.3, 0.4) is 0 Å². The van der Waals surface area contributed by atoms with Crippen molar-refractivity contribution in [2.75, 3.05) is 13.1 Å². The van der Waals surface area contributed by atoms with Gasteiger partial charge in [0, 0.05) is 12.8 Å². The van der Waals surface area contributed by atoms with Gasteiger partial charge in [-0.3, -0.25) is 4.79 Å². The molecule has 0 bridgehead atoms. The monoisotopic (exact) mass is 224 g/mol. The summed E-state index contributed by atoms with van der Waals surface area (Å²) in [4.78, 5) is 15.7. The Morgan fingerprint density at radius 3 is 2.94 bits per heavy atom. The van der Waals surface area contributed by atoms with Crippen LogP contribution in [0.15, 0.2) is 4.52 Å². The van der Waals surface area contributed by atoms with E-state index in [2.05, 4.69) is 20.8 Å². The van der Waals surface area contributed by atoms with Crippen LogP contribution in [0.4, 0.5) is 0 Å². The lowest BCUT2D eigenvalue weighted by molar-refractivity contribution is -0.126. The largest absolute Gasteiger partial charge is 0.348 e. The second-order valence-corrected chi connectivity index (χ2v) is 4.15. The molecule has 1 atom stereocenters. The first-order chi connectivity index (χ1) is 7.66. The van der Waals surface area contributed by atoms with Crippen molar-refractivity contribution in [1.82, 2.24) is 20.8 Å². The van der Waals surface area contributed by atoms with E-state index in [0.717, 1.165) is 13.1 Å². The molecule has 1 aliphatic heterocycles. The van der Waals surface area contributed by atoms with E-state index in [-0.39, 0.29) is 11.8 Å². The first kappa shape index (κ1) is 11.1. The summed E-state index contributed by atoms with van der Waals surface area (Å²) in [6, 6.07) is 0. The summed E-state index contributed by atoms with van der Waals surface area (Å²) in [6.45, 7) is 5.86. The molecule has 2 N–H and O–H groups in total. The Balaban J connectivity index is 1.78. The summed E-state index contributed by atoms with van der Waals surface area (Å²) in [7, 11) is 0. The van der Waals surface area contributed by atoms with Crippen LogP contribution in [0.5, 0.6) is 0 Å². The van der Waals surface area contributed by atoms with E-state index in [1.165, 1.54) is 0 Å². The Bertz CT molecular complexity index is 373. The number of rotatable bonds is 4. The first-order valence-electron chi connectivity index (χ1n) is 5.44. The molecule has 0 saturated carbocycles. The number of amides is 1. The minimum Gasteiger partial charge on any atom is -0.348 e. The number of carbonyl (C=O) groups excluding carboxylic acids is 1. The van der Waals surface area contributed by atoms with Gasteiger partial charge in [-0.1, -0.05) is 12.1 Å². The molecule has 0 aliphatic carbocycles. The third-order valence-electron chi connectivity index (χ3n) is 2.92. The average Bonchev–Trinajstić information content (AvgIpc) is 2.58. The van der Waals surface area contributed by atoms with Gasteiger partial charge in [0.1, 0.15) is 0 Å². The van der Waals surface area contributed by atoms with Gasteiger partial charge in [0.25, 0.3) is 0 Å². The number of nitrogens with one attached hydrogen (secondary N) is 2. The standard InChI is InChI=1S/C10H16N4O2/c1-6(8-3-11-4-8)10(15)12-5-9-13-7(2)16-14-9/h6,8,11H,3-5H2,1-2H3,(H,12,15).